The van der Waals surface area contributed by atoms with Gasteiger partial charge in [-0.25, -0.2) is 4.98 Å². The minimum atomic E-state index is -4.65. The van der Waals surface area contributed by atoms with Crippen molar-refractivity contribution >= 4 is 29.0 Å². The van der Waals surface area contributed by atoms with Crippen LogP contribution in [-0.2, 0) is 12.6 Å². The molecule has 1 aromatic carbocycles. The van der Waals surface area contributed by atoms with Crippen molar-refractivity contribution in [2.24, 2.45) is 0 Å². The van der Waals surface area contributed by atoms with Crippen LogP contribution in [0.4, 0.5) is 32.0 Å². The number of carbonyl (C=O) groups excluding carboxylic acids is 2. The monoisotopic (exact) mass is 572 g/mol. The maximum Gasteiger partial charge on any atom is 0.434 e. The molecule has 3 heterocycles. The second-order valence-corrected chi connectivity index (χ2v) is 9.71. The van der Waals surface area contributed by atoms with Gasteiger partial charge in [0.15, 0.2) is 5.69 Å². The fourth-order valence-electron chi connectivity index (χ4n) is 4.06. The highest BCUT2D eigenvalue weighted by molar-refractivity contribution is 7.06. The first-order valence-electron chi connectivity index (χ1n) is 11.6. The van der Waals surface area contributed by atoms with E-state index in [-0.39, 0.29) is 49.8 Å². The van der Waals surface area contributed by atoms with Crippen molar-refractivity contribution < 1.29 is 35.9 Å². The number of rotatable bonds is 6. The van der Waals surface area contributed by atoms with Gasteiger partial charge in [0.1, 0.15) is 0 Å². The van der Waals surface area contributed by atoms with Crippen molar-refractivity contribution in [1.82, 2.24) is 24.1 Å². The Labute approximate surface area is 222 Å². The molecule has 1 fully saturated rings. The topological polar surface area (TPSA) is 91.3 Å². The molecule has 1 aliphatic rings. The minimum Gasteiger partial charge on any atom is -0.336 e. The van der Waals surface area contributed by atoms with E-state index in [2.05, 4.69) is 19.7 Å². The Morgan fingerprint density at radius 1 is 1.00 bits per heavy atom. The van der Waals surface area contributed by atoms with E-state index in [0.29, 0.717) is 28.0 Å². The molecule has 4 rings (SSSR count). The third-order valence-electron chi connectivity index (χ3n) is 5.93. The van der Waals surface area contributed by atoms with Crippen LogP contribution in [0.25, 0.3) is 0 Å². The van der Waals surface area contributed by atoms with Crippen LogP contribution >= 0.6 is 11.5 Å². The predicted octanol–water partition coefficient (Wildman–Crippen LogP) is 4.42. The largest absolute Gasteiger partial charge is 0.434 e. The predicted molar refractivity (Wildman–Crippen MR) is 129 cm³/mol. The number of nitrogens with zero attached hydrogens (tertiary/aromatic N) is 5. The van der Waals surface area contributed by atoms with Gasteiger partial charge in [-0.05, 0) is 42.7 Å². The Kier molecular flexibility index (Phi) is 8.20. The van der Waals surface area contributed by atoms with Gasteiger partial charge in [-0.15, -0.1) is 0 Å². The van der Waals surface area contributed by atoms with E-state index in [0.717, 1.165) is 11.5 Å². The molecule has 2 amide bonds. The number of amides is 2. The van der Waals surface area contributed by atoms with Crippen LogP contribution in [-0.4, -0.2) is 74.9 Å². The highest BCUT2D eigenvalue weighted by Crippen LogP contribution is 2.28. The first-order chi connectivity index (χ1) is 18.3. The van der Waals surface area contributed by atoms with Crippen molar-refractivity contribution in [2.75, 3.05) is 38.0 Å². The lowest BCUT2D eigenvalue weighted by Crippen LogP contribution is -2.50. The maximum atomic E-state index is 13.0. The van der Waals surface area contributed by atoms with Gasteiger partial charge < -0.3 is 10.2 Å². The highest BCUT2D eigenvalue weighted by Gasteiger charge is 2.34. The Balaban J connectivity index is 1.39. The third kappa shape index (κ3) is 7.29. The molecule has 1 N–H and O–H groups in total. The Hall–Kier alpha value is -3.59. The van der Waals surface area contributed by atoms with E-state index >= 15 is 0 Å². The summed E-state index contributed by atoms with van der Waals surface area (Å²) >= 11 is 0.973. The highest BCUT2D eigenvalue weighted by atomic mass is 32.1. The lowest BCUT2D eigenvalue weighted by atomic mass is 10.1. The van der Waals surface area contributed by atoms with E-state index in [4.69, 9.17) is 0 Å². The van der Waals surface area contributed by atoms with Gasteiger partial charge >= 0.3 is 12.4 Å². The number of halogens is 6. The van der Waals surface area contributed by atoms with Gasteiger partial charge in [-0.1, -0.05) is 0 Å². The Bertz CT molecular complexity index is 1330. The second kappa shape index (κ2) is 11.3. The maximum absolute atomic E-state index is 13.0. The van der Waals surface area contributed by atoms with E-state index in [9.17, 15) is 35.9 Å². The summed E-state index contributed by atoms with van der Waals surface area (Å²) in [5, 5.41) is 2.69. The van der Waals surface area contributed by atoms with E-state index in [1.807, 2.05) is 0 Å². The molecule has 39 heavy (non-hydrogen) atoms. The molecular formula is C24H22F6N6O2S. The SMILES string of the molecule is Cc1nsc(Cc2cncc(C(F)(F)F)n2)c1C(=O)Nc1ccc(C(=O)N2CCN(CC(F)(F)F)CC2)cc1. The molecule has 0 spiro atoms. The standard InChI is InChI=1S/C24H22F6N6O2S/c1-14-20(18(39-34-14)10-17-11-31-12-19(32-17)24(28,29)30)21(37)33-16-4-2-15(3-5-16)22(38)36-8-6-35(7-9-36)13-23(25,26)27/h2-5,11-12H,6-10,13H2,1H3,(H,33,37). The van der Waals surface area contributed by atoms with Crippen molar-refractivity contribution in [3.8, 4) is 0 Å². The van der Waals surface area contributed by atoms with E-state index in [1.54, 1.807) is 6.92 Å². The van der Waals surface area contributed by atoms with Crippen LogP contribution in [0.3, 0.4) is 0 Å². The van der Waals surface area contributed by atoms with Gasteiger partial charge in [0.2, 0.25) is 0 Å². The number of hydrogen-bond donors (Lipinski definition) is 1. The third-order valence-corrected chi connectivity index (χ3v) is 6.86. The number of hydrogen-bond acceptors (Lipinski definition) is 7. The molecule has 2 aromatic heterocycles. The van der Waals surface area contributed by atoms with E-state index < -0.39 is 30.5 Å². The van der Waals surface area contributed by atoms with Crippen LogP contribution < -0.4 is 5.32 Å². The lowest BCUT2D eigenvalue weighted by molar-refractivity contribution is -0.148. The van der Waals surface area contributed by atoms with Crippen molar-refractivity contribution in [1.29, 1.82) is 0 Å². The van der Waals surface area contributed by atoms with Crippen molar-refractivity contribution in [3.63, 3.8) is 0 Å². The number of piperazine rings is 1. The summed E-state index contributed by atoms with van der Waals surface area (Å²) in [6, 6.07) is 6.02. The molecule has 0 bridgehead atoms. The van der Waals surface area contributed by atoms with Gasteiger partial charge in [-0.3, -0.25) is 19.5 Å². The Morgan fingerprint density at radius 3 is 2.28 bits per heavy atom. The number of anilines is 1. The molecule has 3 aromatic rings. The van der Waals surface area contributed by atoms with Gasteiger partial charge in [0.25, 0.3) is 11.8 Å². The minimum absolute atomic E-state index is 0.0321. The van der Waals surface area contributed by atoms with Gasteiger partial charge in [-0.2, -0.15) is 30.7 Å². The summed E-state index contributed by atoms with van der Waals surface area (Å²) in [5.41, 5.74) is 0.172. The summed E-state index contributed by atoms with van der Waals surface area (Å²) in [5.74, 6) is -0.863. The molecule has 0 radical (unpaired) electrons. The summed E-state index contributed by atoms with van der Waals surface area (Å²) in [7, 11) is 0. The molecule has 0 atom stereocenters. The fourth-order valence-corrected chi connectivity index (χ4v) is 4.94. The molecule has 0 unspecified atom stereocenters. The Morgan fingerprint density at radius 2 is 1.67 bits per heavy atom. The van der Waals surface area contributed by atoms with Crippen LogP contribution in [0.1, 0.15) is 42.7 Å². The van der Waals surface area contributed by atoms with Crippen LogP contribution in [0.5, 0.6) is 0 Å². The van der Waals surface area contributed by atoms with Crippen molar-refractivity contribution in [3.05, 3.63) is 69.7 Å². The van der Waals surface area contributed by atoms with Gasteiger partial charge in [0.05, 0.1) is 29.7 Å². The zero-order valence-corrected chi connectivity index (χ0v) is 21.3. The number of benzene rings is 1. The van der Waals surface area contributed by atoms with E-state index in [1.165, 1.54) is 40.3 Å². The van der Waals surface area contributed by atoms with Gasteiger partial charge in [0, 0.05) is 54.9 Å². The summed E-state index contributed by atoms with van der Waals surface area (Å²) in [6.45, 7) is 1.14. The van der Waals surface area contributed by atoms with Crippen LogP contribution in [0, 0.1) is 6.92 Å². The average Bonchev–Trinajstić information content (AvgIpc) is 3.23. The molecule has 15 heteroatoms. The molecule has 0 saturated carbocycles. The normalized spacial score (nSPS) is 14.9. The fraction of sp³-hybridized carbons (Fsp3) is 0.375. The first-order valence-corrected chi connectivity index (χ1v) is 12.4. The smallest absolute Gasteiger partial charge is 0.336 e. The quantitative estimate of drug-likeness (QED) is 0.440. The summed E-state index contributed by atoms with van der Waals surface area (Å²) in [4.78, 5) is 36.1. The van der Waals surface area contributed by atoms with Crippen LogP contribution in [0.2, 0.25) is 0 Å². The molecule has 1 saturated heterocycles. The molecular weight excluding hydrogens is 550 g/mol. The number of carbonyl (C=O) groups is 2. The summed E-state index contributed by atoms with van der Waals surface area (Å²) in [6.07, 6.45) is -7.21. The molecule has 8 nitrogen and oxygen atoms in total. The number of aryl methyl sites for hydroxylation is 1. The molecule has 1 aliphatic heterocycles. The number of nitrogens with one attached hydrogen (secondary N) is 1. The van der Waals surface area contributed by atoms with Crippen molar-refractivity contribution in [2.45, 2.75) is 25.7 Å². The first kappa shape index (κ1) is 28.4. The zero-order valence-electron chi connectivity index (χ0n) is 20.4. The number of aromatic nitrogens is 3. The number of alkyl halides is 6. The lowest BCUT2D eigenvalue weighted by Gasteiger charge is -2.35. The van der Waals surface area contributed by atoms with Crippen LogP contribution in [0.15, 0.2) is 36.7 Å². The molecule has 0 aliphatic carbocycles. The molecule has 208 valence electrons. The summed E-state index contributed by atoms with van der Waals surface area (Å²) < 4.78 is 80.8. The average molecular weight is 573 g/mol. The zero-order chi connectivity index (χ0) is 28.4. The second-order valence-electron chi connectivity index (χ2n) is 8.85.